The van der Waals surface area contributed by atoms with Gasteiger partial charge in [0.2, 0.25) is 5.91 Å². The molecule has 0 radical (unpaired) electrons. The number of benzene rings is 3. The number of anilines is 2. The van der Waals surface area contributed by atoms with Crippen molar-refractivity contribution in [3.8, 4) is 0 Å². The van der Waals surface area contributed by atoms with Gasteiger partial charge in [-0.1, -0.05) is 78.2 Å². The zero-order valence-corrected chi connectivity index (χ0v) is 24.7. The predicted octanol–water partition coefficient (Wildman–Crippen LogP) is 7.53. The Bertz CT molecular complexity index is 1210. The highest BCUT2D eigenvalue weighted by molar-refractivity contribution is 8.22. The van der Waals surface area contributed by atoms with Crippen LogP contribution in [0.1, 0.15) is 48.8 Å². The largest absolute Gasteiger partial charge is 0.336 e. The molecule has 0 spiro atoms. The lowest BCUT2D eigenvalue weighted by atomic mass is 9.91. The van der Waals surface area contributed by atoms with Crippen molar-refractivity contribution in [2.75, 3.05) is 22.2 Å². The summed E-state index contributed by atoms with van der Waals surface area (Å²) in [5.74, 6) is 7.67. The third-order valence-electron chi connectivity index (χ3n) is 6.44. The van der Waals surface area contributed by atoms with Crippen LogP contribution in [-0.4, -0.2) is 28.4 Å². The normalized spacial score (nSPS) is 12.2. The molecule has 1 amide bonds. The molecule has 0 saturated heterocycles. The molecule has 3 aromatic rings. The van der Waals surface area contributed by atoms with Crippen LogP contribution in [0.4, 0.5) is 11.4 Å². The molecule has 212 valence electrons. The molecule has 0 fully saturated rings. The van der Waals surface area contributed by atoms with Crippen LogP contribution in [-0.2, 0) is 20.7 Å². The van der Waals surface area contributed by atoms with Gasteiger partial charge in [-0.05, 0) is 48.5 Å². The minimum Gasteiger partial charge on any atom is -0.336 e. The van der Waals surface area contributed by atoms with Gasteiger partial charge in [0.15, 0.2) is 0 Å². The SMILES string of the molecule is NNC(=O)CCCCCSC(SCCCSOOO)=C1c2ccccc2N(Cc2ccccc2)c2ccccc21. The van der Waals surface area contributed by atoms with Crippen LogP contribution in [0.5, 0.6) is 0 Å². The van der Waals surface area contributed by atoms with E-state index in [0.717, 1.165) is 55.8 Å². The van der Waals surface area contributed by atoms with Gasteiger partial charge < -0.3 is 4.90 Å². The van der Waals surface area contributed by atoms with Crippen molar-refractivity contribution < 1.29 is 19.4 Å². The van der Waals surface area contributed by atoms with Crippen LogP contribution in [0.2, 0.25) is 0 Å². The molecule has 10 heteroatoms. The van der Waals surface area contributed by atoms with E-state index >= 15 is 0 Å². The van der Waals surface area contributed by atoms with Crippen LogP contribution in [0.15, 0.2) is 83.1 Å². The molecular weight excluding hydrogens is 563 g/mol. The van der Waals surface area contributed by atoms with E-state index in [1.165, 1.54) is 37.9 Å². The molecule has 3 aromatic carbocycles. The van der Waals surface area contributed by atoms with Crippen LogP contribution >= 0.6 is 35.6 Å². The van der Waals surface area contributed by atoms with Crippen LogP contribution in [0.25, 0.3) is 5.57 Å². The fraction of sp³-hybridized carbons (Fsp3) is 0.300. The summed E-state index contributed by atoms with van der Waals surface area (Å²) < 4.78 is 5.84. The topological polar surface area (TPSA) is 97.0 Å². The summed E-state index contributed by atoms with van der Waals surface area (Å²) in [4.78, 5) is 13.9. The summed E-state index contributed by atoms with van der Waals surface area (Å²) in [5.41, 5.74) is 9.62. The zero-order valence-electron chi connectivity index (χ0n) is 22.3. The van der Waals surface area contributed by atoms with Crippen molar-refractivity contribution in [2.24, 2.45) is 5.84 Å². The Kier molecular flexibility index (Phi) is 12.8. The highest BCUT2D eigenvalue weighted by Gasteiger charge is 2.28. The Morgan fingerprint density at radius 2 is 1.43 bits per heavy atom. The van der Waals surface area contributed by atoms with Gasteiger partial charge in [0.1, 0.15) is 0 Å². The second kappa shape index (κ2) is 16.7. The number of hydrogen-bond donors (Lipinski definition) is 3. The number of nitrogens with zero attached hydrogens (tertiary/aromatic N) is 1. The number of unbranched alkanes of at least 4 members (excludes halogenated alkanes) is 2. The maximum atomic E-state index is 11.5. The monoisotopic (exact) mass is 597 g/mol. The number of carbonyl (C=O) groups excluding carboxylic acids is 1. The Morgan fingerprint density at radius 1 is 0.800 bits per heavy atom. The Morgan fingerprint density at radius 3 is 2.08 bits per heavy atom. The number of para-hydroxylation sites is 2. The van der Waals surface area contributed by atoms with E-state index < -0.39 is 0 Å². The van der Waals surface area contributed by atoms with Gasteiger partial charge in [-0.25, -0.2) is 11.1 Å². The first-order valence-corrected chi connectivity index (χ1v) is 16.2. The molecule has 0 atom stereocenters. The first kappa shape index (κ1) is 30.5. The predicted molar refractivity (Wildman–Crippen MR) is 169 cm³/mol. The van der Waals surface area contributed by atoms with Crippen molar-refractivity contribution in [1.29, 1.82) is 0 Å². The minimum absolute atomic E-state index is 0.116. The molecule has 0 unspecified atom stereocenters. The quantitative estimate of drug-likeness (QED) is 0.0386. The minimum atomic E-state index is -0.116. The van der Waals surface area contributed by atoms with Gasteiger partial charge in [-0.2, -0.15) is 0 Å². The third kappa shape index (κ3) is 8.53. The number of nitrogens with one attached hydrogen (secondary N) is 1. The lowest BCUT2D eigenvalue weighted by molar-refractivity contribution is -0.432. The first-order chi connectivity index (χ1) is 19.7. The lowest BCUT2D eigenvalue weighted by Crippen LogP contribution is -2.29. The van der Waals surface area contributed by atoms with Gasteiger partial charge in [-0.3, -0.25) is 10.2 Å². The Labute approximate surface area is 248 Å². The molecule has 0 aliphatic carbocycles. The highest BCUT2D eigenvalue weighted by atomic mass is 32.2. The van der Waals surface area contributed by atoms with Gasteiger partial charge in [0.05, 0.1) is 0 Å². The van der Waals surface area contributed by atoms with E-state index in [2.05, 4.69) is 98.6 Å². The smallest absolute Gasteiger partial charge is 0.233 e. The lowest BCUT2D eigenvalue weighted by Gasteiger charge is -2.35. The average Bonchev–Trinajstić information content (AvgIpc) is 3.00. The van der Waals surface area contributed by atoms with E-state index in [0.29, 0.717) is 12.2 Å². The summed E-state index contributed by atoms with van der Waals surface area (Å²) in [7, 11) is 0. The maximum absolute atomic E-state index is 11.5. The van der Waals surface area contributed by atoms with E-state index in [9.17, 15) is 4.79 Å². The highest BCUT2D eigenvalue weighted by Crippen LogP contribution is 2.50. The number of hydrazine groups is 1. The van der Waals surface area contributed by atoms with Gasteiger partial charge in [0.25, 0.3) is 0 Å². The molecule has 40 heavy (non-hydrogen) atoms. The number of thioether (sulfide) groups is 2. The second-order valence-corrected chi connectivity index (χ2v) is 12.4. The number of rotatable bonds is 16. The molecule has 4 rings (SSSR count). The van der Waals surface area contributed by atoms with Crippen molar-refractivity contribution in [2.45, 2.75) is 38.6 Å². The number of hydrogen-bond acceptors (Lipinski definition) is 9. The standard InChI is InChI=1S/C30H35N3O4S3/c31-32-28(34)18-5-2-10-19-38-30(39-20-11-21-40-37-36-35)29-24-14-6-8-16-26(24)33(22-23-12-3-1-4-13-23)27-17-9-7-15-25(27)29/h1,3-4,6-9,12-17,35H,2,5,10-11,18-22,31H2,(H,32,34). The van der Waals surface area contributed by atoms with Crippen LogP contribution in [0, 0.1) is 0 Å². The van der Waals surface area contributed by atoms with E-state index in [1.807, 2.05) is 23.5 Å². The van der Waals surface area contributed by atoms with Crippen molar-refractivity contribution >= 4 is 58.4 Å². The number of amides is 1. The number of nitrogens with two attached hydrogens (primary N) is 1. The fourth-order valence-corrected chi connectivity index (χ4v) is 7.72. The molecule has 7 nitrogen and oxygen atoms in total. The second-order valence-electron chi connectivity index (χ2n) is 9.16. The fourth-order valence-electron chi connectivity index (χ4n) is 4.60. The van der Waals surface area contributed by atoms with Gasteiger partial charge >= 0.3 is 0 Å². The van der Waals surface area contributed by atoms with Gasteiger partial charge in [-0.15, -0.1) is 27.9 Å². The third-order valence-corrected chi connectivity index (χ3v) is 9.68. The van der Waals surface area contributed by atoms with Crippen LogP contribution < -0.4 is 16.2 Å². The van der Waals surface area contributed by atoms with E-state index in [4.69, 9.17) is 11.1 Å². The summed E-state index contributed by atoms with van der Waals surface area (Å²) in [6, 6.07) is 27.9. The molecule has 1 heterocycles. The van der Waals surface area contributed by atoms with Gasteiger partial charge in [0, 0.05) is 63.1 Å². The average molecular weight is 598 g/mol. The van der Waals surface area contributed by atoms with Crippen LogP contribution in [0.3, 0.4) is 0 Å². The van der Waals surface area contributed by atoms with Crippen molar-refractivity contribution in [3.05, 3.63) is 99.8 Å². The molecule has 1 aliphatic heterocycles. The molecule has 0 aromatic heterocycles. The number of fused-ring (bicyclic) bond motifs is 2. The molecular formula is C30H35N3O4S3. The Balaban J connectivity index is 1.62. The van der Waals surface area contributed by atoms with Crippen molar-refractivity contribution in [3.63, 3.8) is 0 Å². The molecule has 4 N–H and O–H groups in total. The molecule has 1 aliphatic rings. The summed E-state index contributed by atoms with van der Waals surface area (Å²) in [5, 5.41) is 12.1. The maximum Gasteiger partial charge on any atom is 0.233 e. The molecule has 0 bridgehead atoms. The van der Waals surface area contributed by atoms with E-state index in [1.54, 1.807) is 0 Å². The summed E-state index contributed by atoms with van der Waals surface area (Å²) in [6.45, 7) is 0.790. The summed E-state index contributed by atoms with van der Waals surface area (Å²) in [6.07, 6.45) is 4.17. The Hall–Kier alpha value is -2.44. The van der Waals surface area contributed by atoms with Crippen molar-refractivity contribution in [1.82, 2.24) is 5.43 Å². The summed E-state index contributed by atoms with van der Waals surface area (Å²) >= 11 is 4.84. The van der Waals surface area contributed by atoms with E-state index in [-0.39, 0.29) is 5.91 Å². The number of carbonyl (C=O) groups is 1. The first-order valence-electron chi connectivity index (χ1n) is 13.3. The zero-order chi connectivity index (χ0) is 28.0. The molecule has 0 saturated carbocycles.